The SMILES string of the molecule is Cc1cc(C)c(S(=O)(=O)N2CCC(C(=O)Nc3ccc(Cl)cc3C)CC2)c(C)c1. The fourth-order valence-corrected chi connectivity index (χ4v) is 6.17. The van der Waals surface area contributed by atoms with Gasteiger partial charge in [-0.05, 0) is 75.4 Å². The molecule has 0 saturated carbocycles. The zero-order valence-corrected chi connectivity index (χ0v) is 18.8. The highest BCUT2D eigenvalue weighted by molar-refractivity contribution is 7.89. The van der Waals surface area contributed by atoms with E-state index in [0.717, 1.165) is 27.9 Å². The maximum absolute atomic E-state index is 13.2. The molecule has 0 spiro atoms. The molecular weight excluding hydrogens is 408 g/mol. The van der Waals surface area contributed by atoms with Gasteiger partial charge in [-0.2, -0.15) is 4.31 Å². The quantitative estimate of drug-likeness (QED) is 0.763. The number of benzene rings is 2. The Morgan fingerprint density at radius 2 is 1.59 bits per heavy atom. The van der Waals surface area contributed by atoms with Gasteiger partial charge in [0.2, 0.25) is 15.9 Å². The number of nitrogens with one attached hydrogen (secondary N) is 1. The average molecular weight is 435 g/mol. The van der Waals surface area contributed by atoms with Gasteiger partial charge in [0.05, 0.1) is 4.90 Å². The summed E-state index contributed by atoms with van der Waals surface area (Å²) in [7, 11) is -3.57. The predicted molar refractivity (Wildman–Crippen MR) is 117 cm³/mol. The van der Waals surface area contributed by atoms with Gasteiger partial charge in [0.25, 0.3) is 0 Å². The van der Waals surface area contributed by atoms with E-state index in [4.69, 9.17) is 11.6 Å². The fourth-order valence-electron chi connectivity index (χ4n) is 4.06. The average Bonchev–Trinajstić information content (AvgIpc) is 2.63. The number of carbonyl (C=O) groups is 1. The number of anilines is 1. The van der Waals surface area contributed by atoms with Crippen molar-refractivity contribution < 1.29 is 13.2 Å². The highest BCUT2D eigenvalue weighted by Gasteiger charge is 2.33. The number of rotatable bonds is 4. The maximum Gasteiger partial charge on any atom is 0.243 e. The first-order valence-corrected chi connectivity index (χ1v) is 11.6. The number of piperidine rings is 1. The number of aryl methyl sites for hydroxylation is 4. The van der Waals surface area contributed by atoms with Crippen molar-refractivity contribution in [2.24, 2.45) is 5.92 Å². The van der Waals surface area contributed by atoms with Crippen LogP contribution in [0.3, 0.4) is 0 Å². The number of nitrogens with zero attached hydrogens (tertiary/aromatic N) is 1. The van der Waals surface area contributed by atoms with Crippen LogP contribution in [0.25, 0.3) is 0 Å². The third-order valence-corrected chi connectivity index (χ3v) is 7.91. The van der Waals surface area contributed by atoms with Crippen LogP contribution in [-0.4, -0.2) is 31.7 Å². The van der Waals surface area contributed by atoms with E-state index in [9.17, 15) is 13.2 Å². The summed E-state index contributed by atoms with van der Waals surface area (Å²) in [4.78, 5) is 13.1. The molecule has 1 saturated heterocycles. The minimum Gasteiger partial charge on any atom is -0.326 e. The van der Waals surface area contributed by atoms with Gasteiger partial charge in [0, 0.05) is 29.7 Å². The van der Waals surface area contributed by atoms with Crippen molar-refractivity contribution in [2.75, 3.05) is 18.4 Å². The molecule has 1 amide bonds. The van der Waals surface area contributed by atoms with Gasteiger partial charge < -0.3 is 5.32 Å². The first-order valence-electron chi connectivity index (χ1n) is 9.74. The molecule has 2 aromatic carbocycles. The molecule has 156 valence electrons. The number of carbonyl (C=O) groups excluding carboxylic acids is 1. The second-order valence-corrected chi connectivity index (χ2v) is 10.2. The monoisotopic (exact) mass is 434 g/mol. The first kappa shape index (κ1) is 21.8. The highest BCUT2D eigenvalue weighted by Crippen LogP contribution is 2.29. The summed E-state index contributed by atoms with van der Waals surface area (Å²) in [5.41, 5.74) is 4.21. The van der Waals surface area contributed by atoms with E-state index < -0.39 is 10.0 Å². The number of hydrogen-bond acceptors (Lipinski definition) is 3. The van der Waals surface area contributed by atoms with Gasteiger partial charge in [-0.3, -0.25) is 4.79 Å². The summed E-state index contributed by atoms with van der Waals surface area (Å²) in [6, 6.07) is 9.13. The molecule has 7 heteroatoms. The number of amides is 1. The Morgan fingerprint density at radius 3 is 2.14 bits per heavy atom. The normalized spacial score (nSPS) is 16.0. The van der Waals surface area contributed by atoms with Crippen LogP contribution in [-0.2, 0) is 14.8 Å². The Morgan fingerprint density at radius 1 is 1.00 bits per heavy atom. The third kappa shape index (κ3) is 4.65. The molecule has 1 fully saturated rings. The van der Waals surface area contributed by atoms with Crippen molar-refractivity contribution in [3.8, 4) is 0 Å². The lowest BCUT2D eigenvalue weighted by molar-refractivity contribution is -0.120. The molecule has 3 rings (SSSR count). The predicted octanol–water partition coefficient (Wildman–Crippen LogP) is 4.61. The molecule has 0 unspecified atom stereocenters. The lowest BCUT2D eigenvalue weighted by Crippen LogP contribution is -2.41. The molecule has 0 atom stereocenters. The van der Waals surface area contributed by atoms with Crippen LogP contribution in [0.4, 0.5) is 5.69 Å². The highest BCUT2D eigenvalue weighted by atomic mass is 35.5. The topological polar surface area (TPSA) is 66.5 Å². The van der Waals surface area contributed by atoms with Gasteiger partial charge in [0.15, 0.2) is 0 Å². The van der Waals surface area contributed by atoms with Crippen LogP contribution in [0.2, 0.25) is 5.02 Å². The largest absolute Gasteiger partial charge is 0.326 e. The molecule has 0 aromatic heterocycles. The molecule has 5 nitrogen and oxygen atoms in total. The van der Waals surface area contributed by atoms with Gasteiger partial charge in [-0.25, -0.2) is 8.42 Å². The Labute approximate surface area is 178 Å². The van der Waals surface area contributed by atoms with Crippen molar-refractivity contribution in [3.05, 3.63) is 57.6 Å². The Hall–Kier alpha value is -1.89. The van der Waals surface area contributed by atoms with Gasteiger partial charge in [0.1, 0.15) is 0 Å². The molecule has 2 aromatic rings. The molecule has 1 N–H and O–H groups in total. The lowest BCUT2D eigenvalue weighted by atomic mass is 9.97. The molecule has 1 aliphatic heterocycles. The third-order valence-electron chi connectivity index (χ3n) is 5.47. The van der Waals surface area contributed by atoms with Crippen LogP contribution < -0.4 is 5.32 Å². The molecule has 29 heavy (non-hydrogen) atoms. The standard InChI is InChI=1S/C22H27ClN2O3S/c1-14-11-16(3)21(17(4)12-14)29(27,28)25-9-7-18(8-10-25)22(26)24-20-6-5-19(23)13-15(20)2/h5-6,11-13,18H,7-10H2,1-4H3,(H,24,26). The van der Waals surface area contributed by atoms with Crippen LogP contribution in [0.1, 0.15) is 35.1 Å². The number of hydrogen-bond donors (Lipinski definition) is 1. The Balaban J connectivity index is 1.69. The molecule has 1 aliphatic rings. The van der Waals surface area contributed by atoms with Crippen molar-refractivity contribution in [1.82, 2.24) is 4.31 Å². The minimum atomic E-state index is -3.57. The number of sulfonamides is 1. The van der Waals surface area contributed by atoms with E-state index in [1.807, 2.05) is 39.8 Å². The summed E-state index contributed by atoms with van der Waals surface area (Å²) in [5, 5.41) is 3.58. The molecule has 0 bridgehead atoms. The van der Waals surface area contributed by atoms with E-state index in [1.54, 1.807) is 18.2 Å². The minimum absolute atomic E-state index is 0.0739. The zero-order chi connectivity index (χ0) is 21.3. The van der Waals surface area contributed by atoms with E-state index in [-0.39, 0.29) is 11.8 Å². The van der Waals surface area contributed by atoms with Crippen LogP contribution in [0.15, 0.2) is 35.2 Å². The van der Waals surface area contributed by atoms with Crippen molar-refractivity contribution in [2.45, 2.75) is 45.4 Å². The van der Waals surface area contributed by atoms with E-state index in [2.05, 4.69) is 5.32 Å². The zero-order valence-electron chi connectivity index (χ0n) is 17.3. The molecule has 1 heterocycles. The van der Waals surface area contributed by atoms with Gasteiger partial charge in [-0.15, -0.1) is 0 Å². The van der Waals surface area contributed by atoms with E-state index in [0.29, 0.717) is 35.8 Å². The summed E-state index contributed by atoms with van der Waals surface area (Å²) in [6.07, 6.45) is 1.00. The molecule has 0 radical (unpaired) electrons. The first-order chi connectivity index (χ1) is 13.6. The van der Waals surface area contributed by atoms with Crippen LogP contribution >= 0.6 is 11.6 Å². The summed E-state index contributed by atoms with van der Waals surface area (Å²) in [6.45, 7) is 8.20. The summed E-state index contributed by atoms with van der Waals surface area (Å²) in [5.74, 6) is -0.285. The van der Waals surface area contributed by atoms with Crippen molar-refractivity contribution in [3.63, 3.8) is 0 Å². The Bertz CT molecular complexity index is 1020. The van der Waals surface area contributed by atoms with Crippen molar-refractivity contribution >= 4 is 33.2 Å². The lowest BCUT2D eigenvalue weighted by Gasteiger charge is -2.31. The smallest absolute Gasteiger partial charge is 0.243 e. The van der Waals surface area contributed by atoms with Crippen LogP contribution in [0, 0.1) is 33.6 Å². The van der Waals surface area contributed by atoms with Crippen molar-refractivity contribution in [1.29, 1.82) is 0 Å². The number of halogens is 1. The second-order valence-electron chi connectivity index (χ2n) is 7.85. The van der Waals surface area contributed by atoms with Crippen LogP contribution in [0.5, 0.6) is 0 Å². The fraction of sp³-hybridized carbons (Fsp3) is 0.409. The summed E-state index contributed by atoms with van der Waals surface area (Å²) >= 11 is 5.97. The van der Waals surface area contributed by atoms with E-state index in [1.165, 1.54) is 4.31 Å². The Kier molecular flexibility index (Phi) is 6.36. The van der Waals surface area contributed by atoms with E-state index >= 15 is 0 Å². The molecular formula is C22H27ClN2O3S. The summed E-state index contributed by atoms with van der Waals surface area (Å²) < 4.78 is 27.9. The maximum atomic E-state index is 13.2. The van der Waals surface area contributed by atoms with Gasteiger partial charge in [-0.1, -0.05) is 29.3 Å². The molecule has 0 aliphatic carbocycles. The second kappa shape index (κ2) is 8.46. The van der Waals surface area contributed by atoms with Gasteiger partial charge >= 0.3 is 0 Å².